The van der Waals surface area contributed by atoms with E-state index in [2.05, 4.69) is 25.1 Å². The van der Waals surface area contributed by atoms with E-state index in [-0.39, 0.29) is 5.41 Å². The van der Waals surface area contributed by atoms with Gasteiger partial charge in [-0.05, 0) is 23.8 Å². The molecule has 0 amide bonds. The van der Waals surface area contributed by atoms with Crippen molar-refractivity contribution in [2.45, 2.75) is 19.3 Å². The van der Waals surface area contributed by atoms with Gasteiger partial charge in [-0.15, -0.1) is 0 Å². The summed E-state index contributed by atoms with van der Waals surface area (Å²) < 4.78 is 23.6. The van der Waals surface area contributed by atoms with Crippen LogP contribution in [0.15, 0.2) is 30.5 Å². The average Bonchev–Trinajstić information content (AvgIpc) is 2.40. The van der Waals surface area contributed by atoms with E-state index in [1.807, 2.05) is 24.1 Å². The first-order valence-electron chi connectivity index (χ1n) is 5.27. The first-order valence-corrected chi connectivity index (χ1v) is 6.35. The number of nitrogens with one attached hydrogen (secondary N) is 1. The molecule has 2 rings (SSSR count). The number of hydrogen-bond acceptors (Lipinski definition) is 3. The highest BCUT2D eigenvalue weighted by molar-refractivity contribution is 7.80. The molecule has 1 aromatic rings. The number of allylic oxidation sites excluding steroid dienone is 1. The smallest absolute Gasteiger partial charge is 0.0457 e. The molecule has 1 aromatic carbocycles. The lowest BCUT2D eigenvalue weighted by Gasteiger charge is -2.22. The summed E-state index contributed by atoms with van der Waals surface area (Å²) in [6.07, 6.45) is 0. The molecule has 0 bridgehead atoms. The van der Waals surface area contributed by atoms with E-state index in [0.717, 1.165) is 16.9 Å². The molecule has 4 nitrogen and oxygen atoms in total. The van der Waals surface area contributed by atoms with E-state index in [9.17, 15) is 8.76 Å². The van der Waals surface area contributed by atoms with Crippen LogP contribution in [0.4, 0.5) is 11.4 Å². The van der Waals surface area contributed by atoms with Gasteiger partial charge in [0, 0.05) is 40.8 Å². The van der Waals surface area contributed by atoms with Crippen LogP contribution in [0.25, 0.3) is 0 Å². The fraction of sp³-hybridized carbons (Fsp3) is 0.333. The molecule has 0 radical (unpaired) electrons. The van der Waals surface area contributed by atoms with Crippen molar-refractivity contribution >= 4 is 22.6 Å². The van der Waals surface area contributed by atoms with Crippen molar-refractivity contribution in [2.24, 2.45) is 0 Å². The summed E-state index contributed by atoms with van der Waals surface area (Å²) in [6.45, 7) is 8.24. The third-order valence-electron chi connectivity index (χ3n) is 3.36. The highest BCUT2D eigenvalue weighted by Gasteiger charge is 2.37. The second kappa shape index (κ2) is 3.85. The Balaban J connectivity index is 2.50. The summed E-state index contributed by atoms with van der Waals surface area (Å²) in [5.74, 6) is 0. The zero-order valence-electron chi connectivity index (χ0n) is 10.1. The number of fused-ring (bicyclic) bond motifs is 1. The lowest BCUT2D eigenvalue weighted by atomic mass is 9.84. The second-order valence-electron chi connectivity index (χ2n) is 4.70. The molecular weight excluding hydrogens is 236 g/mol. The highest BCUT2D eigenvalue weighted by Crippen LogP contribution is 2.46. The van der Waals surface area contributed by atoms with Crippen molar-refractivity contribution in [3.05, 3.63) is 36.0 Å². The van der Waals surface area contributed by atoms with E-state index in [0.29, 0.717) is 5.69 Å². The predicted molar refractivity (Wildman–Crippen MR) is 69.6 cm³/mol. The van der Waals surface area contributed by atoms with Crippen molar-refractivity contribution in [2.75, 3.05) is 16.7 Å². The van der Waals surface area contributed by atoms with E-state index < -0.39 is 11.3 Å². The molecule has 1 aliphatic heterocycles. The standard InChI is InChI=1S/C12H16N2O2S/c1-8-12(2,3)10-7-9(13-17(15)16)5-6-11(10)14(8)4/h5-7,13H,1H2,2-4H3,(H,15,16)/p-1. The number of hydrogen-bond donors (Lipinski definition) is 1. The van der Waals surface area contributed by atoms with E-state index >= 15 is 0 Å². The van der Waals surface area contributed by atoms with Gasteiger partial charge in [0.15, 0.2) is 0 Å². The highest BCUT2D eigenvalue weighted by atomic mass is 32.2. The molecule has 0 saturated carbocycles. The van der Waals surface area contributed by atoms with Crippen LogP contribution >= 0.6 is 0 Å². The molecule has 1 aliphatic rings. The summed E-state index contributed by atoms with van der Waals surface area (Å²) in [7, 11) is 1.97. The second-order valence-corrected chi connectivity index (χ2v) is 5.37. The zero-order valence-corrected chi connectivity index (χ0v) is 10.9. The third kappa shape index (κ3) is 1.85. The van der Waals surface area contributed by atoms with Crippen molar-refractivity contribution < 1.29 is 8.76 Å². The van der Waals surface area contributed by atoms with Crippen LogP contribution in [0.5, 0.6) is 0 Å². The number of anilines is 2. The molecule has 0 aromatic heterocycles. The fourth-order valence-electron chi connectivity index (χ4n) is 2.21. The minimum atomic E-state index is -2.29. The Hall–Kier alpha value is -1.33. The Kier molecular flexibility index (Phi) is 2.75. The van der Waals surface area contributed by atoms with Crippen LogP contribution in [0.3, 0.4) is 0 Å². The molecule has 17 heavy (non-hydrogen) atoms. The molecule has 5 heteroatoms. The Labute approximate surface area is 104 Å². The maximum atomic E-state index is 10.6. The monoisotopic (exact) mass is 251 g/mol. The first kappa shape index (κ1) is 12.1. The summed E-state index contributed by atoms with van der Waals surface area (Å²) >= 11 is -2.29. The van der Waals surface area contributed by atoms with Gasteiger partial charge in [0.25, 0.3) is 0 Å². The summed E-state index contributed by atoms with van der Waals surface area (Å²) in [6, 6.07) is 5.52. The van der Waals surface area contributed by atoms with Crippen LogP contribution in [-0.2, 0) is 16.7 Å². The Morgan fingerprint density at radius 2 is 2.12 bits per heavy atom. The summed E-state index contributed by atoms with van der Waals surface area (Å²) in [5.41, 5.74) is 3.57. The van der Waals surface area contributed by atoms with Gasteiger partial charge in [0.2, 0.25) is 0 Å². The van der Waals surface area contributed by atoms with Gasteiger partial charge in [-0.3, -0.25) is 4.21 Å². The van der Waals surface area contributed by atoms with E-state index in [1.165, 1.54) is 0 Å². The number of nitrogens with zero attached hydrogens (tertiary/aromatic N) is 1. The van der Waals surface area contributed by atoms with Crippen molar-refractivity contribution in [3.63, 3.8) is 0 Å². The van der Waals surface area contributed by atoms with Crippen LogP contribution in [0, 0.1) is 0 Å². The molecule has 1 unspecified atom stereocenters. The van der Waals surface area contributed by atoms with Gasteiger partial charge >= 0.3 is 0 Å². The molecule has 0 fully saturated rings. The lowest BCUT2D eigenvalue weighted by molar-refractivity contribution is 0.542. The van der Waals surface area contributed by atoms with Gasteiger partial charge in [-0.25, -0.2) is 0 Å². The van der Waals surface area contributed by atoms with Crippen LogP contribution in [0.2, 0.25) is 0 Å². The molecule has 1 heterocycles. The molecule has 92 valence electrons. The van der Waals surface area contributed by atoms with Crippen molar-refractivity contribution in [3.8, 4) is 0 Å². The van der Waals surface area contributed by atoms with Crippen LogP contribution in [-0.4, -0.2) is 15.8 Å². The quantitative estimate of drug-likeness (QED) is 0.819. The average molecular weight is 251 g/mol. The third-order valence-corrected chi connectivity index (χ3v) is 3.76. The Morgan fingerprint density at radius 3 is 2.71 bits per heavy atom. The van der Waals surface area contributed by atoms with Gasteiger partial charge < -0.3 is 14.2 Å². The van der Waals surface area contributed by atoms with E-state index in [4.69, 9.17) is 0 Å². The Morgan fingerprint density at radius 1 is 1.47 bits per heavy atom. The van der Waals surface area contributed by atoms with Crippen LogP contribution in [0.1, 0.15) is 19.4 Å². The van der Waals surface area contributed by atoms with Gasteiger partial charge in [0.1, 0.15) is 0 Å². The van der Waals surface area contributed by atoms with Gasteiger partial charge in [0.05, 0.1) is 0 Å². The molecule has 0 spiro atoms. The summed E-state index contributed by atoms with van der Waals surface area (Å²) in [4.78, 5) is 2.03. The maximum Gasteiger partial charge on any atom is 0.0457 e. The SMILES string of the molecule is C=C1N(C)c2ccc(NS(=O)[O-])cc2C1(C)C. The van der Waals surface area contributed by atoms with E-state index in [1.54, 1.807) is 6.07 Å². The van der Waals surface area contributed by atoms with Gasteiger partial charge in [-0.2, -0.15) is 0 Å². The molecule has 1 N–H and O–H groups in total. The molecule has 0 aliphatic carbocycles. The maximum absolute atomic E-state index is 10.6. The normalized spacial score (nSPS) is 19.1. The van der Waals surface area contributed by atoms with Crippen molar-refractivity contribution in [1.29, 1.82) is 0 Å². The van der Waals surface area contributed by atoms with Crippen molar-refractivity contribution in [1.82, 2.24) is 0 Å². The number of likely N-dealkylation sites (N-methyl/N-ethyl adjacent to an activating group) is 1. The first-order chi connectivity index (χ1) is 7.84. The fourth-order valence-corrected chi connectivity index (χ4v) is 2.53. The zero-order chi connectivity index (χ0) is 12.8. The predicted octanol–water partition coefficient (Wildman–Crippen LogP) is 2.13. The van der Waals surface area contributed by atoms with Crippen LogP contribution < -0.4 is 9.62 Å². The molecular formula is C12H15N2O2S-. The molecule has 1 atom stereocenters. The van der Waals surface area contributed by atoms with Gasteiger partial charge in [-0.1, -0.05) is 20.4 Å². The minimum absolute atomic E-state index is 0.174. The number of benzene rings is 1. The Bertz CT molecular complexity index is 511. The minimum Gasteiger partial charge on any atom is -0.755 e. The topological polar surface area (TPSA) is 55.4 Å². The molecule has 0 saturated heterocycles. The lowest BCUT2D eigenvalue weighted by Crippen LogP contribution is -2.21. The summed E-state index contributed by atoms with van der Waals surface area (Å²) in [5, 5.41) is 0. The largest absolute Gasteiger partial charge is 0.755 e. The number of rotatable bonds is 2.